The van der Waals surface area contributed by atoms with Crippen molar-refractivity contribution < 1.29 is 19.4 Å². The number of hydrogen-bond acceptors (Lipinski definition) is 4. The number of rotatable bonds is 7. The lowest BCUT2D eigenvalue weighted by atomic mass is 10.1. The average Bonchev–Trinajstić information content (AvgIpc) is 2.24. The molecule has 0 aromatic rings. The molecule has 0 spiro atoms. The van der Waals surface area contributed by atoms with E-state index in [1.165, 1.54) is 12.0 Å². The molecule has 6 nitrogen and oxygen atoms in total. The van der Waals surface area contributed by atoms with Crippen LogP contribution in [-0.2, 0) is 14.3 Å². The normalized spacial score (nSPS) is 14.2. The topological polar surface area (TPSA) is 92.9 Å². The lowest BCUT2D eigenvalue weighted by Crippen LogP contribution is -2.48. The summed E-state index contributed by atoms with van der Waals surface area (Å²) in [7, 11) is 1.46. The van der Waals surface area contributed by atoms with E-state index in [0.29, 0.717) is 6.54 Å². The van der Waals surface area contributed by atoms with Crippen molar-refractivity contribution in [3.05, 3.63) is 0 Å². The zero-order valence-electron chi connectivity index (χ0n) is 9.97. The van der Waals surface area contributed by atoms with Gasteiger partial charge in [0.2, 0.25) is 5.91 Å². The lowest BCUT2D eigenvalue weighted by Gasteiger charge is -2.25. The number of likely N-dealkylation sites (N-methyl/N-ethyl adjacent to an activating group) is 1. The van der Waals surface area contributed by atoms with Gasteiger partial charge in [0.15, 0.2) is 0 Å². The molecule has 0 aromatic heterocycles. The minimum absolute atomic E-state index is 0.136. The molecule has 0 radical (unpaired) electrons. The molecular formula is C10H20N2O4. The lowest BCUT2D eigenvalue weighted by molar-refractivity contribution is -0.143. The van der Waals surface area contributed by atoms with Crippen LogP contribution in [0.15, 0.2) is 0 Å². The summed E-state index contributed by atoms with van der Waals surface area (Å²) >= 11 is 0. The maximum Gasteiger partial charge on any atom is 0.308 e. The zero-order valence-corrected chi connectivity index (χ0v) is 9.97. The fraction of sp³-hybridized carbons (Fsp3) is 0.800. The third-order valence-corrected chi connectivity index (χ3v) is 2.27. The maximum absolute atomic E-state index is 11.8. The first-order valence-electron chi connectivity index (χ1n) is 5.20. The van der Waals surface area contributed by atoms with Gasteiger partial charge in [0.1, 0.15) is 6.04 Å². The fourth-order valence-electron chi connectivity index (χ4n) is 1.27. The van der Waals surface area contributed by atoms with Crippen LogP contribution in [0.2, 0.25) is 0 Å². The fourth-order valence-corrected chi connectivity index (χ4v) is 1.27. The molecule has 0 bridgehead atoms. The van der Waals surface area contributed by atoms with E-state index in [9.17, 15) is 9.59 Å². The number of amides is 1. The molecule has 94 valence electrons. The average molecular weight is 232 g/mol. The van der Waals surface area contributed by atoms with Crippen molar-refractivity contribution in [2.24, 2.45) is 11.7 Å². The van der Waals surface area contributed by atoms with E-state index in [2.05, 4.69) is 0 Å². The van der Waals surface area contributed by atoms with Crippen molar-refractivity contribution in [2.75, 3.05) is 26.8 Å². The summed E-state index contributed by atoms with van der Waals surface area (Å²) in [6.45, 7) is 4.08. The van der Waals surface area contributed by atoms with Crippen molar-refractivity contribution in [3.8, 4) is 0 Å². The van der Waals surface area contributed by atoms with Gasteiger partial charge in [-0.15, -0.1) is 0 Å². The van der Waals surface area contributed by atoms with E-state index in [1.807, 2.05) is 0 Å². The van der Waals surface area contributed by atoms with Crippen LogP contribution in [0.3, 0.4) is 0 Å². The minimum Gasteiger partial charge on any atom is -0.481 e. The van der Waals surface area contributed by atoms with Gasteiger partial charge >= 0.3 is 5.97 Å². The number of carboxylic acid groups (broad SMARTS) is 1. The Labute approximate surface area is 95.4 Å². The Morgan fingerprint density at radius 3 is 2.44 bits per heavy atom. The Hall–Kier alpha value is -1.14. The molecular weight excluding hydrogens is 212 g/mol. The molecule has 0 fully saturated rings. The largest absolute Gasteiger partial charge is 0.481 e. The van der Waals surface area contributed by atoms with Crippen LogP contribution in [0.5, 0.6) is 0 Å². The van der Waals surface area contributed by atoms with Crippen LogP contribution in [0, 0.1) is 5.92 Å². The Balaban J connectivity index is 4.37. The first-order valence-corrected chi connectivity index (χ1v) is 5.20. The number of carboxylic acids is 1. The third kappa shape index (κ3) is 4.59. The molecule has 0 saturated carbocycles. The van der Waals surface area contributed by atoms with E-state index in [0.717, 1.165) is 0 Å². The van der Waals surface area contributed by atoms with Crippen LogP contribution in [0.4, 0.5) is 0 Å². The molecule has 0 aliphatic carbocycles. The van der Waals surface area contributed by atoms with Crippen LogP contribution >= 0.6 is 0 Å². The molecule has 16 heavy (non-hydrogen) atoms. The summed E-state index contributed by atoms with van der Waals surface area (Å²) < 4.78 is 4.78. The second-order valence-corrected chi connectivity index (χ2v) is 3.68. The molecule has 1 amide bonds. The highest BCUT2D eigenvalue weighted by Gasteiger charge is 2.23. The van der Waals surface area contributed by atoms with Crippen LogP contribution in [0.1, 0.15) is 13.8 Å². The van der Waals surface area contributed by atoms with Gasteiger partial charge in [-0.05, 0) is 6.92 Å². The number of carbonyl (C=O) groups excluding carboxylic acids is 1. The first kappa shape index (κ1) is 14.9. The molecule has 6 heteroatoms. The number of carbonyl (C=O) groups is 2. The van der Waals surface area contributed by atoms with Gasteiger partial charge in [-0.2, -0.15) is 0 Å². The number of aliphatic carboxylic acids is 1. The predicted molar refractivity (Wildman–Crippen MR) is 58.9 cm³/mol. The highest BCUT2D eigenvalue weighted by atomic mass is 16.5. The van der Waals surface area contributed by atoms with Crippen molar-refractivity contribution in [1.29, 1.82) is 0 Å². The summed E-state index contributed by atoms with van der Waals surface area (Å²) in [5.41, 5.74) is 5.59. The van der Waals surface area contributed by atoms with Gasteiger partial charge in [-0.1, -0.05) is 6.92 Å². The quantitative estimate of drug-likeness (QED) is 0.619. The molecule has 0 aliphatic rings. The summed E-state index contributed by atoms with van der Waals surface area (Å²) in [5, 5.41) is 8.76. The van der Waals surface area contributed by atoms with Crippen molar-refractivity contribution in [3.63, 3.8) is 0 Å². The van der Waals surface area contributed by atoms with E-state index in [-0.39, 0.29) is 19.1 Å². The maximum atomic E-state index is 11.8. The summed E-state index contributed by atoms with van der Waals surface area (Å²) in [4.78, 5) is 23.9. The predicted octanol–water partition coefficient (Wildman–Crippen LogP) is -0.471. The van der Waals surface area contributed by atoms with Gasteiger partial charge in [-0.3, -0.25) is 9.59 Å². The summed E-state index contributed by atoms with van der Waals surface area (Å²) in [5.74, 6) is -1.80. The Morgan fingerprint density at radius 2 is 2.06 bits per heavy atom. The monoisotopic (exact) mass is 232 g/mol. The van der Waals surface area contributed by atoms with Gasteiger partial charge < -0.3 is 20.5 Å². The number of nitrogens with two attached hydrogens (primary N) is 1. The molecule has 0 aromatic carbocycles. The Kier molecular flexibility index (Phi) is 6.67. The van der Waals surface area contributed by atoms with Crippen molar-refractivity contribution >= 4 is 11.9 Å². The first-order chi connectivity index (χ1) is 7.43. The van der Waals surface area contributed by atoms with Gasteiger partial charge in [0.05, 0.1) is 12.5 Å². The SMILES string of the molecule is CCN(CC(C)C(=O)O)C(=O)C(N)COC. The number of ether oxygens (including phenoxy) is 1. The van der Waals surface area contributed by atoms with E-state index < -0.39 is 17.9 Å². The minimum atomic E-state index is -0.924. The Bertz CT molecular complexity index is 245. The van der Waals surface area contributed by atoms with Crippen molar-refractivity contribution in [1.82, 2.24) is 4.90 Å². The van der Waals surface area contributed by atoms with Gasteiger partial charge in [-0.25, -0.2) is 0 Å². The van der Waals surface area contributed by atoms with E-state index in [4.69, 9.17) is 15.6 Å². The molecule has 0 saturated heterocycles. The molecule has 2 unspecified atom stereocenters. The van der Waals surface area contributed by atoms with Crippen LogP contribution in [0.25, 0.3) is 0 Å². The number of methoxy groups -OCH3 is 1. The van der Waals surface area contributed by atoms with E-state index >= 15 is 0 Å². The van der Waals surface area contributed by atoms with Crippen LogP contribution in [-0.4, -0.2) is 54.7 Å². The number of nitrogens with zero attached hydrogens (tertiary/aromatic N) is 1. The summed E-state index contributed by atoms with van der Waals surface area (Å²) in [6.07, 6.45) is 0. The standard InChI is InChI=1S/C10H20N2O4/c1-4-12(5-7(2)10(14)15)9(13)8(11)6-16-3/h7-8H,4-6,11H2,1-3H3,(H,14,15). The molecule has 2 atom stereocenters. The molecule has 3 N–H and O–H groups in total. The second kappa shape index (κ2) is 7.19. The second-order valence-electron chi connectivity index (χ2n) is 3.68. The highest BCUT2D eigenvalue weighted by molar-refractivity contribution is 5.82. The van der Waals surface area contributed by atoms with E-state index in [1.54, 1.807) is 13.8 Å². The van der Waals surface area contributed by atoms with Crippen LogP contribution < -0.4 is 5.73 Å². The highest BCUT2D eigenvalue weighted by Crippen LogP contribution is 2.02. The van der Waals surface area contributed by atoms with Crippen molar-refractivity contribution in [2.45, 2.75) is 19.9 Å². The number of hydrogen-bond donors (Lipinski definition) is 2. The summed E-state index contributed by atoms with van der Waals surface area (Å²) in [6, 6.07) is -0.731. The van der Waals surface area contributed by atoms with Gasteiger partial charge in [0.25, 0.3) is 0 Å². The molecule has 0 heterocycles. The van der Waals surface area contributed by atoms with Gasteiger partial charge in [0, 0.05) is 20.2 Å². The smallest absolute Gasteiger partial charge is 0.308 e. The third-order valence-electron chi connectivity index (χ3n) is 2.27. The molecule has 0 rings (SSSR count). The zero-order chi connectivity index (χ0) is 12.7. The molecule has 0 aliphatic heterocycles. The Morgan fingerprint density at radius 1 is 1.50 bits per heavy atom.